The number of piperidine rings is 2. The number of carbonyl (C=O) groups excluding carboxylic acids is 2. The molecule has 3 aliphatic heterocycles. The monoisotopic (exact) mass is 413 g/mol. The van der Waals surface area contributed by atoms with Crippen molar-refractivity contribution in [2.75, 3.05) is 19.9 Å². The van der Waals surface area contributed by atoms with Gasteiger partial charge in [-0.2, -0.15) is 0 Å². The fourth-order valence-corrected chi connectivity index (χ4v) is 5.19. The number of carbonyl (C=O) groups is 2. The fraction of sp³-hybridized carbons (Fsp3) is 0.476. The summed E-state index contributed by atoms with van der Waals surface area (Å²) in [4.78, 5) is 33.8. The van der Waals surface area contributed by atoms with E-state index in [2.05, 4.69) is 4.98 Å². The van der Waals surface area contributed by atoms with E-state index in [1.165, 1.54) is 11.3 Å². The predicted octanol–water partition coefficient (Wildman–Crippen LogP) is 2.83. The second-order valence-electron chi connectivity index (χ2n) is 7.87. The first-order valence-electron chi connectivity index (χ1n) is 9.98. The van der Waals surface area contributed by atoms with Gasteiger partial charge in [-0.05, 0) is 43.4 Å². The molecule has 0 aliphatic carbocycles. The lowest BCUT2D eigenvalue weighted by molar-refractivity contribution is -0.141. The van der Waals surface area contributed by atoms with Crippen LogP contribution in [-0.2, 0) is 11.3 Å². The third-order valence-corrected chi connectivity index (χ3v) is 6.83. The van der Waals surface area contributed by atoms with E-state index >= 15 is 0 Å². The van der Waals surface area contributed by atoms with Gasteiger partial charge in [-0.1, -0.05) is 6.07 Å². The SMILES string of the molecule is Cc1nc(C(=O)N2CC[C@H]3[C@H](CCC(=O)N3Cc3ccc4c(c3)OCO4)C2)cs1. The standard InChI is InChI=1S/C21H23N3O4S/c1-13-22-16(11-29-13)21(26)23-7-6-17-15(10-23)3-5-20(25)24(17)9-14-2-4-18-19(8-14)28-12-27-18/h2,4,8,11,15,17H,3,5-7,9-10,12H2,1H3/t15-,17+/m1/s1. The van der Waals surface area contributed by atoms with Crippen molar-refractivity contribution in [2.24, 2.45) is 5.92 Å². The van der Waals surface area contributed by atoms with E-state index in [0.29, 0.717) is 37.7 Å². The van der Waals surface area contributed by atoms with Gasteiger partial charge in [-0.25, -0.2) is 4.98 Å². The van der Waals surface area contributed by atoms with Crippen molar-refractivity contribution in [3.05, 3.63) is 39.8 Å². The second kappa shape index (κ2) is 7.33. The fourth-order valence-electron chi connectivity index (χ4n) is 4.60. The minimum atomic E-state index is 0.00650. The molecule has 0 saturated carbocycles. The minimum Gasteiger partial charge on any atom is -0.454 e. The van der Waals surface area contributed by atoms with Crippen LogP contribution in [0.4, 0.5) is 0 Å². The number of likely N-dealkylation sites (tertiary alicyclic amines) is 2. The molecule has 7 nitrogen and oxygen atoms in total. The predicted molar refractivity (Wildman–Crippen MR) is 107 cm³/mol. The molecule has 3 aliphatic rings. The summed E-state index contributed by atoms with van der Waals surface area (Å²) in [5.74, 6) is 1.99. The molecule has 0 unspecified atom stereocenters. The number of fused-ring (bicyclic) bond motifs is 2. The Balaban J connectivity index is 1.30. The normalized spacial score (nSPS) is 23.3. The molecule has 1 aromatic heterocycles. The highest BCUT2D eigenvalue weighted by Gasteiger charge is 2.40. The molecule has 0 radical (unpaired) electrons. The van der Waals surface area contributed by atoms with Crippen molar-refractivity contribution in [3.8, 4) is 11.5 Å². The summed E-state index contributed by atoms with van der Waals surface area (Å²) in [6, 6.07) is 6.03. The highest BCUT2D eigenvalue weighted by molar-refractivity contribution is 7.09. The van der Waals surface area contributed by atoms with Crippen LogP contribution in [-0.4, -0.2) is 52.5 Å². The molecular formula is C21H23N3O4S. The maximum Gasteiger partial charge on any atom is 0.273 e. The first-order chi connectivity index (χ1) is 14.1. The largest absolute Gasteiger partial charge is 0.454 e. The smallest absolute Gasteiger partial charge is 0.273 e. The molecule has 2 fully saturated rings. The van der Waals surface area contributed by atoms with Gasteiger partial charge in [0.15, 0.2) is 11.5 Å². The summed E-state index contributed by atoms with van der Waals surface area (Å²) < 4.78 is 10.8. The Morgan fingerprint density at radius 2 is 2.14 bits per heavy atom. The van der Waals surface area contributed by atoms with Crippen molar-refractivity contribution < 1.29 is 19.1 Å². The topological polar surface area (TPSA) is 72.0 Å². The van der Waals surface area contributed by atoms with Crippen LogP contribution in [0, 0.1) is 12.8 Å². The maximum absolute atomic E-state index is 12.8. The van der Waals surface area contributed by atoms with Crippen molar-refractivity contribution in [3.63, 3.8) is 0 Å². The molecule has 1 aromatic carbocycles. The number of nitrogens with zero attached hydrogens (tertiary/aromatic N) is 3. The number of hydrogen-bond acceptors (Lipinski definition) is 6. The molecular weight excluding hydrogens is 390 g/mol. The zero-order valence-electron chi connectivity index (χ0n) is 16.3. The summed E-state index contributed by atoms with van der Waals surface area (Å²) in [5.41, 5.74) is 1.58. The summed E-state index contributed by atoms with van der Waals surface area (Å²) in [6.07, 6.45) is 2.17. The van der Waals surface area contributed by atoms with Gasteiger partial charge in [0.1, 0.15) is 5.69 Å². The lowest BCUT2D eigenvalue weighted by Gasteiger charge is -2.47. The number of aromatic nitrogens is 1. The molecule has 2 amide bonds. The van der Waals surface area contributed by atoms with E-state index in [9.17, 15) is 9.59 Å². The lowest BCUT2D eigenvalue weighted by Crippen LogP contribution is -2.56. The number of ether oxygens (including phenoxy) is 2. The molecule has 2 saturated heterocycles. The van der Waals surface area contributed by atoms with Crippen LogP contribution in [0.1, 0.15) is 40.3 Å². The van der Waals surface area contributed by atoms with Gasteiger partial charge in [0.2, 0.25) is 12.7 Å². The Kier molecular flexibility index (Phi) is 4.66. The molecule has 0 spiro atoms. The molecule has 8 heteroatoms. The third-order valence-electron chi connectivity index (χ3n) is 6.06. The van der Waals surface area contributed by atoms with E-state index in [0.717, 1.165) is 34.9 Å². The van der Waals surface area contributed by atoms with Crippen LogP contribution in [0.5, 0.6) is 11.5 Å². The quantitative estimate of drug-likeness (QED) is 0.774. The Morgan fingerprint density at radius 1 is 1.28 bits per heavy atom. The van der Waals surface area contributed by atoms with Gasteiger partial charge in [-0.3, -0.25) is 9.59 Å². The van der Waals surface area contributed by atoms with Gasteiger partial charge in [0.25, 0.3) is 5.91 Å². The first kappa shape index (κ1) is 18.4. The Morgan fingerprint density at radius 3 is 2.97 bits per heavy atom. The first-order valence-corrected chi connectivity index (χ1v) is 10.9. The molecule has 5 rings (SSSR count). The van der Waals surface area contributed by atoms with Crippen LogP contribution in [0.15, 0.2) is 23.6 Å². The van der Waals surface area contributed by atoms with E-state index < -0.39 is 0 Å². The van der Waals surface area contributed by atoms with Crippen molar-refractivity contribution in [2.45, 2.75) is 38.8 Å². The summed E-state index contributed by atoms with van der Waals surface area (Å²) in [5, 5.41) is 2.74. The number of benzene rings is 1. The summed E-state index contributed by atoms with van der Waals surface area (Å²) in [7, 11) is 0. The Labute approximate surface area is 173 Å². The average Bonchev–Trinajstić information content (AvgIpc) is 3.37. The number of aryl methyl sites for hydroxylation is 1. The van der Waals surface area contributed by atoms with Crippen molar-refractivity contribution in [1.82, 2.24) is 14.8 Å². The third kappa shape index (κ3) is 3.46. The van der Waals surface area contributed by atoms with Gasteiger partial charge >= 0.3 is 0 Å². The van der Waals surface area contributed by atoms with E-state index in [1.807, 2.05) is 40.3 Å². The van der Waals surface area contributed by atoms with Crippen LogP contribution in [0.25, 0.3) is 0 Å². The van der Waals surface area contributed by atoms with Gasteiger partial charge in [-0.15, -0.1) is 11.3 Å². The lowest BCUT2D eigenvalue weighted by atomic mass is 9.83. The van der Waals surface area contributed by atoms with E-state index in [1.54, 1.807) is 0 Å². The molecule has 2 aromatic rings. The van der Waals surface area contributed by atoms with Crippen LogP contribution in [0.2, 0.25) is 0 Å². The van der Waals surface area contributed by atoms with Crippen molar-refractivity contribution in [1.29, 1.82) is 0 Å². The summed E-state index contributed by atoms with van der Waals surface area (Å²) in [6.45, 7) is 4.06. The number of thiazole rings is 1. The number of amides is 2. The van der Waals surface area contributed by atoms with Crippen LogP contribution >= 0.6 is 11.3 Å². The number of rotatable bonds is 3. The van der Waals surface area contributed by atoms with Gasteiger partial charge in [0, 0.05) is 37.5 Å². The zero-order valence-corrected chi connectivity index (χ0v) is 17.1. The molecule has 152 valence electrons. The minimum absolute atomic E-state index is 0.00650. The van der Waals surface area contributed by atoms with Crippen molar-refractivity contribution >= 4 is 23.2 Å². The van der Waals surface area contributed by atoms with Crippen LogP contribution in [0.3, 0.4) is 0 Å². The van der Waals surface area contributed by atoms with Crippen LogP contribution < -0.4 is 9.47 Å². The average molecular weight is 413 g/mol. The maximum atomic E-state index is 12.8. The van der Waals surface area contributed by atoms with E-state index in [-0.39, 0.29) is 24.6 Å². The molecule has 0 N–H and O–H groups in total. The zero-order chi connectivity index (χ0) is 20.0. The Bertz CT molecular complexity index is 959. The van der Waals surface area contributed by atoms with Gasteiger partial charge < -0.3 is 19.3 Å². The summed E-state index contributed by atoms with van der Waals surface area (Å²) >= 11 is 1.50. The molecule has 0 bridgehead atoms. The highest BCUT2D eigenvalue weighted by Crippen LogP contribution is 2.36. The van der Waals surface area contributed by atoms with E-state index in [4.69, 9.17) is 9.47 Å². The van der Waals surface area contributed by atoms with Gasteiger partial charge in [0.05, 0.1) is 5.01 Å². The molecule has 4 heterocycles. The molecule has 29 heavy (non-hydrogen) atoms. The molecule has 2 atom stereocenters. The number of hydrogen-bond donors (Lipinski definition) is 0. The highest BCUT2D eigenvalue weighted by atomic mass is 32.1. The second-order valence-corrected chi connectivity index (χ2v) is 8.93. The Hall–Kier alpha value is -2.61.